The predicted octanol–water partition coefficient (Wildman–Crippen LogP) is 3.48. The van der Waals surface area contributed by atoms with E-state index in [2.05, 4.69) is 51.7 Å². The summed E-state index contributed by atoms with van der Waals surface area (Å²) >= 11 is 13.2. The zero-order valence-electron chi connectivity index (χ0n) is 7.90. The predicted molar refractivity (Wildman–Crippen MR) is 68.1 cm³/mol. The number of rotatable bonds is 6. The van der Waals surface area contributed by atoms with Gasteiger partial charge in [-0.3, -0.25) is 0 Å². The first-order valence-corrected chi connectivity index (χ1v) is 6.11. The Labute approximate surface area is 93.1 Å². The van der Waals surface area contributed by atoms with Crippen molar-refractivity contribution in [3.63, 3.8) is 0 Å². The Bertz CT molecular complexity index is 89.9. The molecule has 12 heavy (non-hydrogen) atoms. The van der Waals surface area contributed by atoms with Crippen LogP contribution >= 0.6 is 37.9 Å². The lowest BCUT2D eigenvalue weighted by atomic mass is 10.1. The van der Waals surface area contributed by atoms with Crippen molar-refractivity contribution in [1.82, 2.24) is 0 Å². The van der Waals surface area contributed by atoms with Crippen LogP contribution in [0.2, 0.25) is 0 Å². The van der Waals surface area contributed by atoms with E-state index in [1.807, 2.05) is 0 Å². The second-order valence-electron chi connectivity index (χ2n) is 3.51. The molecule has 0 heterocycles. The lowest BCUT2D eigenvalue weighted by molar-refractivity contribution is 0.630. The van der Waals surface area contributed by atoms with Gasteiger partial charge in [0.1, 0.15) is 0 Å². The van der Waals surface area contributed by atoms with Gasteiger partial charge in [-0.1, -0.05) is 13.8 Å². The van der Waals surface area contributed by atoms with Gasteiger partial charge in [0.05, 0.1) is 0 Å². The highest BCUT2D eigenvalue weighted by Gasteiger charge is 2.05. The average Bonchev–Trinajstić information content (AvgIpc) is 1.96. The van der Waals surface area contributed by atoms with Gasteiger partial charge in [0.2, 0.25) is 0 Å². The Morgan fingerprint density at radius 2 is 1.08 bits per heavy atom. The summed E-state index contributed by atoms with van der Waals surface area (Å²) in [5.41, 5.74) is 0. The molecule has 0 aromatic carbocycles. The van der Waals surface area contributed by atoms with Crippen LogP contribution in [0.25, 0.3) is 0 Å². The topological polar surface area (TPSA) is 0 Å². The molecule has 3 heteroatoms. The van der Waals surface area contributed by atoms with Gasteiger partial charge < -0.3 is 0 Å². The Morgan fingerprint density at radius 3 is 1.33 bits per heavy atom. The normalized spacial score (nSPS) is 18.8. The summed E-state index contributed by atoms with van der Waals surface area (Å²) in [5, 5.41) is 1.55. The van der Waals surface area contributed by atoms with Crippen LogP contribution < -0.4 is 0 Å². The van der Waals surface area contributed by atoms with Crippen LogP contribution in [0.5, 0.6) is 0 Å². The molecule has 74 valence electrons. The SMILES string of the molecule is CC(S)CCC(S)CCC(C)S. The second-order valence-corrected chi connectivity index (χ2v) is 6.00. The van der Waals surface area contributed by atoms with Gasteiger partial charge >= 0.3 is 0 Å². The van der Waals surface area contributed by atoms with Crippen molar-refractivity contribution in [1.29, 1.82) is 0 Å². The zero-order valence-corrected chi connectivity index (χ0v) is 10.6. The Morgan fingerprint density at radius 1 is 0.750 bits per heavy atom. The van der Waals surface area contributed by atoms with Crippen LogP contribution in [0, 0.1) is 0 Å². The van der Waals surface area contributed by atoms with E-state index in [1.54, 1.807) is 0 Å². The largest absolute Gasteiger partial charge is 0.176 e. The van der Waals surface area contributed by atoms with Gasteiger partial charge in [-0.05, 0) is 36.2 Å². The quantitative estimate of drug-likeness (QED) is 0.565. The maximum Gasteiger partial charge on any atom is 0.00176 e. The minimum atomic E-state index is 0.507. The van der Waals surface area contributed by atoms with Gasteiger partial charge in [-0.25, -0.2) is 0 Å². The van der Waals surface area contributed by atoms with E-state index in [0.717, 1.165) is 12.8 Å². The first-order chi connectivity index (χ1) is 5.52. The lowest BCUT2D eigenvalue weighted by Gasteiger charge is -2.12. The van der Waals surface area contributed by atoms with E-state index in [-0.39, 0.29) is 0 Å². The number of thiol groups is 3. The highest BCUT2D eigenvalue weighted by molar-refractivity contribution is 7.81. The average molecular weight is 224 g/mol. The smallest absolute Gasteiger partial charge is 0.00176 e. The van der Waals surface area contributed by atoms with E-state index in [0.29, 0.717) is 15.7 Å². The molecule has 0 aromatic rings. The minimum absolute atomic E-state index is 0.507. The molecule has 0 fully saturated rings. The minimum Gasteiger partial charge on any atom is -0.176 e. The van der Waals surface area contributed by atoms with Gasteiger partial charge in [0.15, 0.2) is 0 Å². The molecule has 0 aromatic heterocycles. The fourth-order valence-electron chi connectivity index (χ4n) is 1.01. The highest BCUT2D eigenvalue weighted by atomic mass is 32.1. The van der Waals surface area contributed by atoms with Crippen molar-refractivity contribution >= 4 is 37.9 Å². The molecular weight excluding hydrogens is 204 g/mol. The van der Waals surface area contributed by atoms with Gasteiger partial charge in [0.25, 0.3) is 0 Å². The Balaban J connectivity index is 3.27. The summed E-state index contributed by atoms with van der Waals surface area (Å²) in [7, 11) is 0. The van der Waals surface area contributed by atoms with E-state index in [9.17, 15) is 0 Å². The van der Waals surface area contributed by atoms with Crippen molar-refractivity contribution in [3.8, 4) is 0 Å². The molecule has 0 aliphatic rings. The summed E-state index contributed by atoms with van der Waals surface area (Å²) in [5.74, 6) is 0. The molecule has 0 nitrogen and oxygen atoms in total. The van der Waals surface area contributed by atoms with Crippen LogP contribution in [0.15, 0.2) is 0 Å². The monoisotopic (exact) mass is 224 g/mol. The van der Waals surface area contributed by atoms with Gasteiger partial charge in [-0.2, -0.15) is 37.9 Å². The third-order valence-electron chi connectivity index (χ3n) is 1.84. The van der Waals surface area contributed by atoms with Crippen LogP contribution in [-0.4, -0.2) is 15.7 Å². The van der Waals surface area contributed by atoms with E-state index < -0.39 is 0 Å². The molecule has 0 aliphatic carbocycles. The van der Waals surface area contributed by atoms with Crippen molar-refractivity contribution < 1.29 is 0 Å². The molecule has 0 saturated heterocycles. The molecule has 2 unspecified atom stereocenters. The Kier molecular flexibility index (Phi) is 8.11. The molecule has 0 bridgehead atoms. The molecule has 2 atom stereocenters. The number of hydrogen-bond acceptors (Lipinski definition) is 3. The molecule has 0 N–H and O–H groups in total. The summed E-state index contributed by atoms with van der Waals surface area (Å²) in [6.45, 7) is 4.26. The van der Waals surface area contributed by atoms with Crippen molar-refractivity contribution in [2.45, 2.75) is 55.3 Å². The van der Waals surface area contributed by atoms with E-state index in [4.69, 9.17) is 0 Å². The number of hydrogen-bond donors (Lipinski definition) is 3. The van der Waals surface area contributed by atoms with Crippen molar-refractivity contribution in [2.24, 2.45) is 0 Å². The third-order valence-corrected chi connectivity index (χ3v) is 2.87. The summed E-state index contributed by atoms with van der Waals surface area (Å²) in [6.07, 6.45) is 4.68. The summed E-state index contributed by atoms with van der Waals surface area (Å²) in [4.78, 5) is 0. The maximum atomic E-state index is 4.51. The molecule has 0 saturated carbocycles. The fraction of sp³-hybridized carbons (Fsp3) is 1.00. The maximum absolute atomic E-state index is 4.51. The Hall–Kier alpha value is 1.05. The summed E-state index contributed by atoms with van der Waals surface area (Å²) in [6, 6.07) is 0. The first-order valence-electron chi connectivity index (χ1n) is 4.56. The van der Waals surface area contributed by atoms with Crippen LogP contribution in [0.3, 0.4) is 0 Å². The fourth-order valence-corrected chi connectivity index (χ4v) is 1.61. The zero-order chi connectivity index (χ0) is 9.56. The second kappa shape index (κ2) is 7.45. The molecule has 0 rings (SSSR count). The third kappa shape index (κ3) is 9.14. The summed E-state index contributed by atoms with van der Waals surface area (Å²) < 4.78 is 0. The van der Waals surface area contributed by atoms with Crippen LogP contribution in [0.1, 0.15) is 39.5 Å². The highest BCUT2D eigenvalue weighted by Crippen LogP contribution is 2.17. The van der Waals surface area contributed by atoms with Gasteiger partial charge in [0, 0.05) is 5.25 Å². The van der Waals surface area contributed by atoms with Crippen molar-refractivity contribution in [3.05, 3.63) is 0 Å². The molecule has 0 radical (unpaired) electrons. The van der Waals surface area contributed by atoms with Gasteiger partial charge in [-0.15, -0.1) is 0 Å². The van der Waals surface area contributed by atoms with Crippen molar-refractivity contribution in [2.75, 3.05) is 0 Å². The van der Waals surface area contributed by atoms with E-state index >= 15 is 0 Å². The van der Waals surface area contributed by atoms with E-state index in [1.165, 1.54) is 12.8 Å². The molecule has 0 amide bonds. The lowest BCUT2D eigenvalue weighted by Crippen LogP contribution is -2.05. The molecule has 0 aliphatic heterocycles. The van der Waals surface area contributed by atoms with Crippen LogP contribution in [-0.2, 0) is 0 Å². The van der Waals surface area contributed by atoms with Crippen LogP contribution in [0.4, 0.5) is 0 Å². The molecular formula is C9H20S3. The molecule has 0 spiro atoms. The first kappa shape index (κ1) is 13.1. The standard InChI is InChI=1S/C9H20S3/c1-7(10)3-5-9(12)6-4-8(2)11/h7-12H,3-6H2,1-2H3.